The zero-order valence-corrected chi connectivity index (χ0v) is 11.4. The number of para-hydroxylation sites is 2. The molecule has 1 saturated heterocycles. The molecule has 0 spiro atoms. The Kier molecular flexibility index (Phi) is 4.68. The van der Waals surface area contributed by atoms with Crippen LogP contribution in [0.3, 0.4) is 0 Å². The van der Waals surface area contributed by atoms with E-state index in [4.69, 9.17) is 10.3 Å². The van der Waals surface area contributed by atoms with Crippen LogP contribution in [-0.2, 0) is 4.79 Å². The minimum absolute atomic E-state index is 0.106. The molecule has 0 radical (unpaired) electrons. The van der Waals surface area contributed by atoms with Crippen LogP contribution in [0.1, 0.15) is 0 Å². The monoisotopic (exact) mass is 275 g/mol. The van der Waals surface area contributed by atoms with Gasteiger partial charge in [0, 0.05) is 31.1 Å². The van der Waals surface area contributed by atoms with Crippen LogP contribution in [0.4, 0.5) is 5.69 Å². The van der Waals surface area contributed by atoms with E-state index in [0.717, 1.165) is 24.5 Å². The lowest BCUT2D eigenvalue weighted by atomic mass is 10.2. The van der Waals surface area contributed by atoms with E-state index in [1.165, 1.54) is 0 Å². The summed E-state index contributed by atoms with van der Waals surface area (Å²) in [6.45, 7) is 2.62. The zero-order chi connectivity index (χ0) is 14.4. The van der Waals surface area contributed by atoms with Crippen molar-refractivity contribution in [2.24, 2.45) is 5.11 Å². The summed E-state index contributed by atoms with van der Waals surface area (Å²) in [7, 11) is 1.65. The molecule has 1 heterocycles. The number of rotatable bonds is 4. The number of anilines is 1. The Balaban J connectivity index is 1.97. The lowest BCUT2D eigenvalue weighted by Crippen LogP contribution is -2.49. The standard InChI is InChI=1S/C13H17N5O2/c1-20-12-5-3-2-4-11(12)17-6-8-18(9-7-17)13(19)10-15-16-14/h2-5H,6-10H2,1H3. The van der Waals surface area contributed by atoms with Gasteiger partial charge in [-0.05, 0) is 17.7 Å². The molecule has 0 aliphatic carbocycles. The van der Waals surface area contributed by atoms with Crippen LogP contribution in [0.5, 0.6) is 5.75 Å². The first-order chi connectivity index (χ1) is 9.76. The molecule has 0 atom stereocenters. The highest BCUT2D eigenvalue weighted by Crippen LogP contribution is 2.28. The van der Waals surface area contributed by atoms with Crippen LogP contribution in [0.25, 0.3) is 10.4 Å². The van der Waals surface area contributed by atoms with Gasteiger partial charge in [-0.1, -0.05) is 17.2 Å². The second-order valence-corrected chi connectivity index (χ2v) is 4.43. The summed E-state index contributed by atoms with van der Waals surface area (Å²) in [4.78, 5) is 18.3. The van der Waals surface area contributed by atoms with Gasteiger partial charge in [0.1, 0.15) is 12.3 Å². The van der Waals surface area contributed by atoms with Gasteiger partial charge >= 0.3 is 0 Å². The molecule has 0 N–H and O–H groups in total. The molecule has 0 aromatic heterocycles. The molecule has 7 nitrogen and oxygen atoms in total. The second-order valence-electron chi connectivity index (χ2n) is 4.43. The number of amides is 1. The third-order valence-corrected chi connectivity index (χ3v) is 3.33. The number of carbonyl (C=O) groups is 1. The smallest absolute Gasteiger partial charge is 0.228 e. The topological polar surface area (TPSA) is 81.5 Å². The van der Waals surface area contributed by atoms with E-state index in [1.807, 2.05) is 24.3 Å². The van der Waals surface area contributed by atoms with Crippen molar-refractivity contribution in [3.63, 3.8) is 0 Å². The van der Waals surface area contributed by atoms with Crippen molar-refractivity contribution in [3.05, 3.63) is 34.7 Å². The molecular weight excluding hydrogens is 258 g/mol. The summed E-state index contributed by atoms with van der Waals surface area (Å²) in [6.07, 6.45) is 0. The molecule has 106 valence electrons. The normalized spacial score (nSPS) is 14.7. The molecule has 1 amide bonds. The quantitative estimate of drug-likeness (QED) is 0.476. The highest BCUT2D eigenvalue weighted by molar-refractivity contribution is 5.78. The van der Waals surface area contributed by atoms with E-state index in [0.29, 0.717) is 13.1 Å². The van der Waals surface area contributed by atoms with Gasteiger partial charge in [0.05, 0.1) is 12.8 Å². The summed E-state index contributed by atoms with van der Waals surface area (Å²) in [5, 5.41) is 3.31. The molecule has 0 saturated carbocycles. The number of methoxy groups -OCH3 is 1. The summed E-state index contributed by atoms with van der Waals surface area (Å²) in [5.74, 6) is 0.712. The number of benzene rings is 1. The average molecular weight is 275 g/mol. The van der Waals surface area contributed by atoms with Crippen molar-refractivity contribution >= 4 is 11.6 Å². The number of piperazine rings is 1. The predicted molar refractivity (Wildman–Crippen MR) is 75.8 cm³/mol. The third-order valence-electron chi connectivity index (χ3n) is 3.33. The van der Waals surface area contributed by atoms with Crippen LogP contribution in [0.2, 0.25) is 0 Å². The molecule has 0 unspecified atom stereocenters. The number of carbonyl (C=O) groups excluding carboxylic acids is 1. The number of nitrogens with zero attached hydrogens (tertiary/aromatic N) is 5. The molecule has 7 heteroatoms. The third kappa shape index (κ3) is 3.13. The highest BCUT2D eigenvalue weighted by atomic mass is 16.5. The molecular formula is C13H17N5O2. The Hall–Kier alpha value is -2.40. The van der Waals surface area contributed by atoms with E-state index in [1.54, 1.807) is 12.0 Å². The first-order valence-electron chi connectivity index (χ1n) is 6.43. The Labute approximate surface area is 117 Å². The maximum atomic E-state index is 11.7. The van der Waals surface area contributed by atoms with Gasteiger partial charge in [0.25, 0.3) is 0 Å². The molecule has 2 rings (SSSR count). The first kappa shape index (κ1) is 14.0. The largest absolute Gasteiger partial charge is 0.495 e. The number of hydrogen-bond donors (Lipinski definition) is 0. The molecule has 0 bridgehead atoms. The lowest BCUT2D eigenvalue weighted by Gasteiger charge is -2.36. The summed E-state index contributed by atoms with van der Waals surface area (Å²) < 4.78 is 5.35. The SMILES string of the molecule is COc1ccccc1N1CCN(C(=O)CN=[N+]=[N-])CC1. The van der Waals surface area contributed by atoms with E-state index in [9.17, 15) is 4.79 Å². The average Bonchev–Trinajstić information content (AvgIpc) is 2.52. The molecule has 20 heavy (non-hydrogen) atoms. The van der Waals surface area contributed by atoms with Crippen LogP contribution >= 0.6 is 0 Å². The Morgan fingerprint density at radius 1 is 1.35 bits per heavy atom. The molecule has 1 fully saturated rings. The number of ether oxygens (including phenoxy) is 1. The van der Waals surface area contributed by atoms with Crippen LogP contribution < -0.4 is 9.64 Å². The van der Waals surface area contributed by atoms with Crippen molar-refractivity contribution in [2.75, 3.05) is 44.7 Å². The van der Waals surface area contributed by atoms with Gasteiger partial charge in [-0.2, -0.15) is 0 Å². The number of azide groups is 1. The molecule has 1 aliphatic rings. The van der Waals surface area contributed by atoms with Gasteiger partial charge in [-0.15, -0.1) is 0 Å². The Bertz CT molecular complexity index is 519. The summed E-state index contributed by atoms with van der Waals surface area (Å²) in [6, 6.07) is 7.84. The van der Waals surface area contributed by atoms with E-state index in [-0.39, 0.29) is 12.5 Å². The van der Waals surface area contributed by atoms with Crippen LogP contribution in [0, 0.1) is 0 Å². The fourth-order valence-corrected chi connectivity index (χ4v) is 2.28. The minimum Gasteiger partial charge on any atom is -0.495 e. The van der Waals surface area contributed by atoms with Crippen LogP contribution in [-0.4, -0.2) is 50.6 Å². The molecule has 1 aromatic rings. The summed E-state index contributed by atoms with van der Waals surface area (Å²) in [5.41, 5.74) is 9.27. The first-order valence-corrected chi connectivity index (χ1v) is 6.43. The highest BCUT2D eigenvalue weighted by Gasteiger charge is 2.22. The van der Waals surface area contributed by atoms with Gasteiger partial charge in [0.2, 0.25) is 5.91 Å². The van der Waals surface area contributed by atoms with Crippen molar-refractivity contribution in [1.82, 2.24) is 4.90 Å². The molecule has 1 aliphatic heterocycles. The maximum absolute atomic E-state index is 11.7. The minimum atomic E-state index is -0.123. The van der Waals surface area contributed by atoms with Crippen molar-refractivity contribution < 1.29 is 9.53 Å². The lowest BCUT2D eigenvalue weighted by molar-refractivity contribution is -0.129. The second kappa shape index (κ2) is 6.68. The Morgan fingerprint density at radius 2 is 2.05 bits per heavy atom. The van der Waals surface area contributed by atoms with Gasteiger partial charge < -0.3 is 14.5 Å². The number of hydrogen-bond acceptors (Lipinski definition) is 4. The summed E-state index contributed by atoms with van der Waals surface area (Å²) >= 11 is 0. The van der Waals surface area contributed by atoms with Crippen molar-refractivity contribution in [3.8, 4) is 5.75 Å². The van der Waals surface area contributed by atoms with Gasteiger partial charge in [0.15, 0.2) is 0 Å². The fraction of sp³-hybridized carbons (Fsp3) is 0.462. The maximum Gasteiger partial charge on any atom is 0.228 e. The van der Waals surface area contributed by atoms with Gasteiger partial charge in [-0.3, -0.25) is 4.79 Å². The van der Waals surface area contributed by atoms with E-state index >= 15 is 0 Å². The fourth-order valence-electron chi connectivity index (χ4n) is 2.28. The predicted octanol–water partition coefficient (Wildman–Crippen LogP) is 1.65. The van der Waals surface area contributed by atoms with Gasteiger partial charge in [-0.25, -0.2) is 0 Å². The van der Waals surface area contributed by atoms with E-state index < -0.39 is 0 Å². The van der Waals surface area contributed by atoms with E-state index in [2.05, 4.69) is 14.9 Å². The van der Waals surface area contributed by atoms with Crippen molar-refractivity contribution in [2.45, 2.75) is 0 Å². The van der Waals surface area contributed by atoms with Crippen molar-refractivity contribution in [1.29, 1.82) is 0 Å². The molecule has 1 aromatic carbocycles. The zero-order valence-electron chi connectivity index (χ0n) is 11.4. The van der Waals surface area contributed by atoms with Crippen LogP contribution in [0.15, 0.2) is 29.4 Å². The Morgan fingerprint density at radius 3 is 2.70 bits per heavy atom.